The van der Waals surface area contributed by atoms with Gasteiger partial charge in [0.1, 0.15) is 5.69 Å². The Bertz CT molecular complexity index is 822. The van der Waals surface area contributed by atoms with Gasteiger partial charge in [-0.2, -0.15) is 0 Å². The van der Waals surface area contributed by atoms with Crippen molar-refractivity contribution < 1.29 is 18.1 Å². The molecule has 1 aromatic rings. The zero-order valence-electron chi connectivity index (χ0n) is 14.3. The lowest BCUT2D eigenvalue weighted by Crippen LogP contribution is -2.37. The number of nitro benzene ring substituents is 1. The minimum Gasteiger partial charge on any atom is -0.379 e. The van der Waals surface area contributed by atoms with Crippen molar-refractivity contribution in [2.24, 2.45) is 11.1 Å². The molecule has 3 N–H and O–H groups in total. The first-order chi connectivity index (χ1) is 12.3. The predicted molar refractivity (Wildman–Crippen MR) is 95.0 cm³/mol. The van der Waals surface area contributed by atoms with Gasteiger partial charge in [-0.15, -0.1) is 0 Å². The van der Waals surface area contributed by atoms with E-state index < -0.39 is 14.9 Å². The van der Waals surface area contributed by atoms with Gasteiger partial charge in [-0.05, 0) is 43.7 Å². The third-order valence-electron chi connectivity index (χ3n) is 4.93. The standard InChI is InChI=1S/C16H22N4O5S/c17-26(24,25)12-5-6-13(15(10-12)20(22)23)18-8-7-16(21)19-9-1-2-14(19)11-3-4-11/h5-6,10-11,14,18H,1-4,7-9H2,(H2,17,24,25). The molecule has 26 heavy (non-hydrogen) atoms. The number of sulfonamides is 1. The smallest absolute Gasteiger partial charge is 0.293 e. The summed E-state index contributed by atoms with van der Waals surface area (Å²) in [4.78, 5) is 24.6. The summed E-state index contributed by atoms with van der Waals surface area (Å²) < 4.78 is 22.7. The highest BCUT2D eigenvalue weighted by Gasteiger charge is 2.39. The fourth-order valence-electron chi connectivity index (χ4n) is 3.51. The van der Waals surface area contributed by atoms with E-state index in [-0.39, 0.29) is 35.1 Å². The first-order valence-electron chi connectivity index (χ1n) is 8.62. The summed E-state index contributed by atoms with van der Waals surface area (Å²) in [5.74, 6) is 0.692. The second-order valence-corrected chi connectivity index (χ2v) is 8.35. The number of nitrogens with zero attached hydrogens (tertiary/aromatic N) is 2. The lowest BCUT2D eigenvalue weighted by Gasteiger charge is -2.24. The van der Waals surface area contributed by atoms with Crippen molar-refractivity contribution in [3.05, 3.63) is 28.3 Å². The number of nitrogens with one attached hydrogen (secondary N) is 1. The van der Waals surface area contributed by atoms with Crippen LogP contribution in [0.25, 0.3) is 0 Å². The molecule has 9 nitrogen and oxygen atoms in total. The highest BCUT2D eigenvalue weighted by Crippen LogP contribution is 2.40. The number of likely N-dealkylation sites (tertiary alicyclic amines) is 1. The van der Waals surface area contributed by atoms with Crippen molar-refractivity contribution in [1.82, 2.24) is 4.90 Å². The fourth-order valence-corrected chi connectivity index (χ4v) is 4.04. The number of rotatable bonds is 7. The van der Waals surface area contributed by atoms with Crippen LogP contribution in [0, 0.1) is 16.0 Å². The van der Waals surface area contributed by atoms with Crippen LogP contribution in [0.4, 0.5) is 11.4 Å². The summed E-state index contributed by atoms with van der Waals surface area (Å²) in [5.41, 5.74) is -0.226. The van der Waals surface area contributed by atoms with Crippen LogP contribution in [0.3, 0.4) is 0 Å². The van der Waals surface area contributed by atoms with Crippen LogP contribution < -0.4 is 10.5 Å². The van der Waals surface area contributed by atoms with Gasteiger partial charge < -0.3 is 10.2 Å². The fraction of sp³-hybridized carbons (Fsp3) is 0.562. The summed E-state index contributed by atoms with van der Waals surface area (Å²) in [7, 11) is -4.02. The normalized spacial score (nSPS) is 20.2. The number of primary sulfonamides is 1. The lowest BCUT2D eigenvalue weighted by molar-refractivity contribution is -0.384. The molecule has 10 heteroatoms. The quantitative estimate of drug-likeness (QED) is 0.541. The van der Waals surface area contributed by atoms with Gasteiger partial charge in [-0.25, -0.2) is 13.6 Å². The summed E-state index contributed by atoms with van der Waals surface area (Å²) in [6.45, 7) is 1.02. The molecule has 1 unspecified atom stereocenters. The lowest BCUT2D eigenvalue weighted by atomic mass is 10.1. The summed E-state index contributed by atoms with van der Waals surface area (Å²) in [6.07, 6.45) is 4.70. The minimum absolute atomic E-state index is 0.0516. The van der Waals surface area contributed by atoms with Gasteiger partial charge in [-0.1, -0.05) is 0 Å². The van der Waals surface area contributed by atoms with E-state index in [2.05, 4.69) is 5.32 Å². The Kier molecular flexibility index (Phi) is 5.15. The average molecular weight is 382 g/mol. The molecule has 1 aliphatic carbocycles. The number of anilines is 1. The van der Waals surface area contributed by atoms with Crippen molar-refractivity contribution in [2.45, 2.75) is 43.0 Å². The number of carbonyl (C=O) groups is 1. The number of amides is 1. The first kappa shape index (κ1) is 18.6. The number of nitrogens with two attached hydrogens (primary N) is 1. The Morgan fingerprint density at radius 1 is 1.35 bits per heavy atom. The Balaban J connectivity index is 1.62. The SMILES string of the molecule is NS(=O)(=O)c1ccc(NCCC(=O)N2CCCC2C2CC2)c([N+](=O)[O-])c1. The van der Waals surface area contributed by atoms with E-state index in [1.807, 2.05) is 4.90 Å². The molecule has 0 radical (unpaired) electrons. The van der Waals surface area contributed by atoms with Crippen molar-refractivity contribution in [2.75, 3.05) is 18.4 Å². The zero-order valence-corrected chi connectivity index (χ0v) is 15.1. The number of hydrogen-bond donors (Lipinski definition) is 2. The molecule has 1 saturated carbocycles. The minimum atomic E-state index is -4.02. The maximum atomic E-state index is 12.4. The maximum absolute atomic E-state index is 12.4. The van der Waals surface area contributed by atoms with Gasteiger partial charge >= 0.3 is 0 Å². The van der Waals surface area contributed by atoms with Crippen LogP contribution in [-0.2, 0) is 14.8 Å². The van der Waals surface area contributed by atoms with Crippen LogP contribution in [-0.4, -0.2) is 43.3 Å². The van der Waals surface area contributed by atoms with Crippen molar-refractivity contribution in [3.63, 3.8) is 0 Å². The highest BCUT2D eigenvalue weighted by atomic mass is 32.2. The van der Waals surface area contributed by atoms with E-state index in [9.17, 15) is 23.3 Å². The van der Waals surface area contributed by atoms with Crippen LogP contribution in [0.1, 0.15) is 32.1 Å². The average Bonchev–Trinajstić information content (AvgIpc) is 3.30. The monoisotopic (exact) mass is 382 g/mol. The largest absolute Gasteiger partial charge is 0.379 e. The van der Waals surface area contributed by atoms with Gasteiger partial charge in [0.2, 0.25) is 15.9 Å². The second-order valence-electron chi connectivity index (χ2n) is 6.79. The maximum Gasteiger partial charge on any atom is 0.293 e. The zero-order chi connectivity index (χ0) is 18.9. The van der Waals surface area contributed by atoms with Crippen LogP contribution >= 0.6 is 0 Å². The molecule has 0 bridgehead atoms. The topological polar surface area (TPSA) is 136 Å². The number of nitro groups is 1. The molecule has 2 fully saturated rings. The van der Waals surface area contributed by atoms with E-state index in [4.69, 9.17) is 5.14 Å². The van der Waals surface area contributed by atoms with E-state index in [0.717, 1.165) is 25.5 Å². The molecule has 2 aliphatic rings. The molecular weight excluding hydrogens is 360 g/mol. The molecule has 1 heterocycles. The summed E-state index contributed by atoms with van der Waals surface area (Å²) in [6, 6.07) is 3.77. The van der Waals surface area contributed by atoms with Crippen molar-refractivity contribution in [3.8, 4) is 0 Å². The molecule has 1 aromatic carbocycles. The Morgan fingerprint density at radius 2 is 2.08 bits per heavy atom. The van der Waals surface area contributed by atoms with Crippen molar-refractivity contribution >= 4 is 27.3 Å². The molecule has 1 saturated heterocycles. The Hall–Kier alpha value is -2.20. The molecule has 3 rings (SSSR count). The molecule has 142 valence electrons. The predicted octanol–water partition coefficient (Wildman–Crippen LogP) is 1.45. The van der Waals surface area contributed by atoms with E-state index in [1.165, 1.54) is 25.0 Å². The first-order valence-corrected chi connectivity index (χ1v) is 10.2. The van der Waals surface area contributed by atoms with Crippen LogP contribution in [0.15, 0.2) is 23.1 Å². The van der Waals surface area contributed by atoms with Crippen LogP contribution in [0.2, 0.25) is 0 Å². The number of carbonyl (C=O) groups excluding carboxylic acids is 1. The molecular formula is C16H22N4O5S. The van der Waals surface area contributed by atoms with E-state index in [1.54, 1.807) is 0 Å². The molecule has 1 amide bonds. The van der Waals surface area contributed by atoms with Gasteiger partial charge in [-0.3, -0.25) is 14.9 Å². The van der Waals surface area contributed by atoms with E-state index in [0.29, 0.717) is 12.0 Å². The molecule has 0 aromatic heterocycles. The van der Waals surface area contributed by atoms with Crippen LogP contribution in [0.5, 0.6) is 0 Å². The molecule has 1 aliphatic heterocycles. The Morgan fingerprint density at radius 3 is 2.69 bits per heavy atom. The van der Waals surface area contributed by atoms with Gasteiger partial charge in [0.15, 0.2) is 0 Å². The van der Waals surface area contributed by atoms with Crippen molar-refractivity contribution in [1.29, 1.82) is 0 Å². The van der Waals surface area contributed by atoms with Gasteiger partial charge in [0.05, 0.1) is 9.82 Å². The number of benzene rings is 1. The highest BCUT2D eigenvalue weighted by molar-refractivity contribution is 7.89. The molecule has 0 spiro atoms. The third-order valence-corrected chi connectivity index (χ3v) is 5.85. The Labute approximate surface area is 151 Å². The molecule has 1 atom stereocenters. The van der Waals surface area contributed by atoms with Gasteiger partial charge in [0, 0.05) is 31.6 Å². The van der Waals surface area contributed by atoms with Gasteiger partial charge in [0.25, 0.3) is 5.69 Å². The third kappa shape index (κ3) is 4.13. The summed E-state index contributed by atoms with van der Waals surface area (Å²) in [5, 5.41) is 19.1. The van der Waals surface area contributed by atoms with E-state index >= 15 is 0 Å². The summed E-state index contributed by atoms with van der Waals surface area (Å²) >= 11 is 0. The second kappa shape index (κ2) is 7.20. The number of hydrogen-bond acceptors (Lipinski definition) is 6.